The molecule has 2 aromatic rings. The maximum absolute atomic E-state index is 12.6. The van der Waals surface area contributed by atoms with Crippen molar-refractivity contribution in [3.05, 3.63) is 74.8 Å². The van der Waals surface area contributed by atoms with Gasteiger partial charge in [0.25, 0.3) is 11.6 Å². The number of hydrogen-bond donors (Lipinski definition) is 1. The van der Waals surface area contributed by atoms with Crippen molar-refractivity contribution < 1.29 is 18.1 Å². The molecule has 154 valence electrons. The summed E-state index contributed by atoms with van der Waals surface area (Å²) in [6.07, 6.45) is 0.957. The maximum atomic E-state index is 12.6. The second-order valence-electron chi connectivity index (χ2n) is 6.98. The summed E-state index contributed by atoms with van der Waals surface area (Å²) in [5, 5.41) is 13.6. The number of benzene rings is 2. The van der Waals surface area contributed by atoms with Gasteiger partial charge in [0.2, 0.25) is 10.0 Å². The number of carbonyl (C=O) groups excluding carboxylic acids is 1. The molecule has 0 bridgehead atoms. The lowest BCUT2D eigenvalue weighted by molar-refractivity contribution is -0.385. The van der Waals surface area contributed by atoms with Crippen LogP contribution in [0.4, 0.5) is 5.69 Å². The molecule has 0 aromatic heterocycles. The van der Waals surface area contributed by atoms with Crippen LogP contribution in [-0.2, 0) is 23.0 Å². The third-order valence-corrected chi connectivity index (χ3v) is 7.00. The summed E-state index contributed by atoms with van der Waals surface area (Å²) in [6, 6.07) is 12.1. The minimum atomic E-state index is -3.42. The van der Waals surface area contributed by atoms with Crippen molar-refractivity contribution in [2.75, 3.05) is 18.8 Å². The van der Waals surface area contributed by atoms with Gasteiger partial charge in [0.1, 0.15) is 0 Å². The Hall–Kier alpha value is -2.78. The van der Waals surface area contributed by atoms with Crippen LogP contribution in [0.15, 0.2) is 42.5 Å². The third-order valence-electron chi connectivity index (χ3n) is 5.10. The standard InChI is InChI=1S/C20H23N3O5S/c1-15-18(8-4-9-19(15)23(25)26)20(24)21-11-5-13-29(27,28)22-12-10-16-6-2-3-7-17(16)14-22/h2-4,6-9H,5,10-14H2,1H3,(H,21,24). The van der Waals surface area contributed by atoms with E-state index < -0.39 is 20.9 Å². The quantitative estimate of drug-likeness (QED) is 0.423. The van der Waals surface area contributed by atoms with Gasteiger partial charge in [-0.1, -0.05) is 30.3 Å². The second kappa shape index (κ2) is 8.71. The van der Waals surface area contributed by atoms with Crippen LogP contribution in [-0.4, -0.2) is 42.4 Å². The van der Waals surface area contributed by atoms with Crippen LogP contribution >= 0.6 is 0 Å². The Morgan fingerprint density at radius 2 is 1.90 bits per heavy atom. The largest absolute Gasteiger partial charge is 0.352 e. The van der Waals surface area contributed by atoms with Crippen molar-refractivity contribution >= 4 is 21.6 Å². The summed E-state index contributed by atoms with van der Waals surface area (Å²) >= 11 is 0. The molecule has 3 rings (SSSR count). The SMILES string of the molecule is Cc1c(C(=O)NCCCS(=O)(=O)N2CCc3ccccc3C2)cccc1[N+](=O)[O-]. The zero-order valence-electron chi connectivity index (χ0n) is 16.1. The lowest BCUT2D eigenvalue weighted by Crippen LogP contribution is -2.38. The van der Waals surface area contributed by atoms with Crippen LogP contribution < -0.4 is 5.32 Å². The van der Waals surface area contributed by atoms with Crippen molar-refractivity contribution in [1.29, 1.82) is 0 Å². The van der Waals surface area contributed by atoms with Crippen LogP contribution in [0.25, 0.3) is 0 Å². The van der Waals surface area contributed by atoms with E-state index in [4.69, 9.17) is 0 Å². The van der Waals surface area contributed by atoms with Crippen molar-refractivity contribution in [3.63, 3.8) is 0 Å². The zero-order chi connectivity index (χ0) is 21.0. The lowest BCUT2D eigenvalue weighted by atomic mass is 10.0. The normalized spacial score (nSPS) is 14.2. The number of hydrogen-bond acceptors (Lipinski definition) is 5. The van der Waals surface area contributed by atoms with Gasteiger partial charge >= 0.3 is 0 Å². The molecule has 29 heavy (non-hydrogen) atoms. The molecular weight excluding hydrogens is 394 g/mol. The van der Waals surface area contributed by atoms with E-state index in [9.17, 15) is 23.3 Å². The third kappa shape index (κ3) is 4.80. The van der Waals surface area contributed by atoms with E-state index in [0.717, 1.165) is 5.56 Å². The molecular formula is C20H23N3O5S. The number of carbonyl (C=O) groups is 1. The maximum Gasteiger partial charge on any atom is 0.273 e. The first-order chi connectivity index (χ1) is 13.8. The molecule has 2 aromatic carbocycles. The number of nitrogens with one attached hydrogen (secondary N) is 1. The summed E-state index contributed by atoms with van der Waals surface area (Å²) < 4.78 is 26.7. The molecule has 0 unspecified atom stereocenters. The molecule has 1 N–H and O–H groups in total. The number of nitrogens with zero attached hydrogens (tertiary/aromatic N) is 2. The van der Waals surface area contributed by atoms with Gasteiger partial charge in [-0.15, -0.1) is 0 Å². The van der Waals surface area contributed by atoms with Gasteiger partial charge in [0.05, 0.1) is 10.7 Å². The first-order valence-electron chi connectivity index (χ1n) is 9.36. The average molecular weight is 417 g/mol. The summed E-state index contributed by atoms with van der Waals surface area (Å²) in [7, 11) is -3.42. The van der Waals surface area contributed by atoms with Crippen molar-refractivity contribution in [2.45, 2.75) is 26.3 Å². The number of nitro groups is 1. The van der Waals surface area contributed by atoms with E-state index in [1.54, 1.807) is 0 Å². The first kappa shape index (κ1) is 20.9. The van der Waals surface area contributed by atoms with Gasteiger partial charge in [-0.2, -0.15) is 4.31 Å². The van der Waals surface area contributed by atoms with E-state index in [2.05, 4.69) is 5.32 Å². The highest BCUT2D eigenvalue weighted by Gasteiger charge is 2.26. The predicted molar refractivity (Wildman–Crippen MR) is 109 cm³/mol. The van der Waals surface area contributed by atoms with Crippen molar-refractivity contribution in [2.24, 2.45) is 0 Å². The van der Waals surface area contributed by atoms with E-state index >= 15 is 0 Å². The smallest absolute Gasteiger partial charge is 0.273 e. The highest BCUT2D eigenvalue weighted by Crippen LogP contribution is 2.22. The molecule has 1 aliphatic rings. The molecule has 9 heteroatoms. The zero-order valence-corrected chi connectivity index (χ0v) is 16.9. The Bertz CT molecular complexity index is 1040. The predicted octanol–water partition coefficient (Wildman–Crippen LogP) is 2.41. The molecule has 0 spiro atoms. The monoisotopic (exact) mass is 417 g/mol. The van der Waals surface area contributed by atoms with Crippen LogP contribution in [0.3, 0.4) is 0 Å². The molecule has 0 atom stereocenters. The molecule has 0 saturated carbocycles. The molecule has 0 aliphatic carbocycles. The highest BCUT2D eigenvalue weighted by atomic mass is 32.2. The highest BCUT2D eigenvalue weighted by molar-refractivity contribution is 7.89. The minimum Gasteiger partial charge on any atom is -0.352 e. The van der Waals surface area contributed by atoms with Gasteiger partial charge in [0, 0.05) is 36.8 Å². The summed E-state index contributed by atoms with van der Waals surface area (Å²) in [5.74, 6) is -0.515. The van der Waals surface area contributed by atoms with Gasteiger partial charge < -0.3 is 5.32 Å². The van der Waals surface area contributed by atoms with Crippen LogP contribution in [0, 0.1) is 17.0 Å². The molecule has 1 amide bonds. The number of fused-ring (bicyclic) bond motifs is 1. The number of amides is 1. The summed E-state index contributed by atoms with van der Waals surface area (Å²) in [4.78, 5) is 22.8. The molecule has 8 nitrogen and oxygen atoms in total. The van der Waals surface area contributed by atoms with Crippen LogP contribution in [0.2, 0.25) is 0 Å². The van der Waals surface area contributed by atoms with E-state index in [1.807, 2.05) is 24.3 Å². The lowest BCUT2D eigenvalue weighted by Gasteiger charge is -2.28. The fourth-order valence-electron chi connectivity index (χ4n) is 3.46. The fourth-order valence-corrected chi connectivity index (χ4v) is 4.93. The number of sulfonamides is 1. The number of rotatable bonds is 7. The fraction of sp³-hybridized carbons (Fsp3) is 0.350. The molecule has 0 fully saturated rings. The molecule has 1 heterocycles. The second-order valence-corrected chi connectivity index (χ2v) is 9.07. The Morgan fingerprint density at radius 3 is 2.62 bits per heavy atom. The summed E-state index contributed by atoms with van der Waals surface area (Å²) in [6.45, 7) is 2.52. The minimum absolute atomic E-state index is 0.0661. The Labute approximate surface area is 169 Å². The van der Waals surface area contributed by atoms with Crippen molar-refractivity contribution in [3.8, 4) is 0 Å². The van der Waals surface area contributed by atoms with Crippen molar-refractivity contribution in [1.82, 2.24) is 9.62 Å². The van der Waals surface area contributed by atoms with Gasteiger partial charge in [-0.25, -0.2) is 8.42 Å². The van der Waals surface area contributed by atoms with E-state index in [1.165, 1.54) is 35.0 Å². The van der Waals surface area contributed by atoms with Gasteiger partial charge in [-0.3, -0.25) is 14.9 Å². The van der Waals surface area contributed by atoms with Crippen LogP contribution in [0.1, 0.15) is 33.5 Å². The Balaban J connectivity index is 1.53. The van der Waals surface area contributed by atoms with Gasteiger partial charge in [0.15, 0.2) is 0 Å². The number of nitro benzene ring substituents is 1. The van der Waals surface area contributed by atoms with Gasteiger partial charge in [-0.05, 0) is 37.0 Å². The summed E-state index contributed by atoms with van der Waals surface area (Å²) in [5.41, 5.74) is 2.59. The molecule has 1 aliphatic heterocycles. The topological polar surface area (TPSA) is 110 Å². The average Bonchev–Trinajstić information content (AvgIpc) is 2.70. The van der Waals surface area contributed by atoms with E-state index in [0.29, 0.717) is 19.5 Å². The Kier molecular flexibility index (Phi) is 6.29. The first-order valence-corrected chi connectivity index (χ1v) is 11.0. The van der Waals surface area contributed by atoms with Crippen LogP contribution in [0.5, 0.6) is 0 Å². The molecule has 0 saturated heterocycles. The Morgan fingerprint density at radius 1 is 1.17 bits per heavy atom. The molecule has 0 radical (unpaired) electrons. The van der Waals surface area contributed by atoms with E-state index in [-0.39, 0.29) is 35.5 Å².